The van der Waals surface area contributed by atoms with Crippen LogP contribution in [-0.4, -0.2) is 46.5 Å². The third kappa shape index (κ3) is 2.82. The number of aryl methyl sites for hydroxylation is 3. The van der Waals surface area contributed by atoms with Crippen LogP contribution >= 0.6 is 0 Å². The van der Waals surface area contributed by atoms with Gasteiger partial charge in [-0.15, -0.1) is 0 Å². The highest BCUT2D eigenvalue weighted by Gasteiger charge is 2.26. The number of imidazole rings is 1. The van der Waals surface area contributed by atoms with Crippen LogP contribution in [0.1, 0.15) is 24.9 Å². The number of hydrogen-bond acceptors (Lipinski definition) is 4. The van der Waals surface area contributed by atoms with Crippen LogP contribution in [0.25, 0.3) is 33.4 Å². The van der Waals surface area contributed by atoms with E-state index in [9.17, 15) is 4.79 Å². The van der Waals surface area contributed by atoms with Gasteiger partial charge in [0.25, 0.3) is 0 Å². The van der Waals surface area contributed by atoms with Crippen molar-refractivity contribution < 1.29 is 4.79 Å². The molecule has 0 aliphatic carbocycles. The molecular weight excluding hydrogens is 378 g/mol. The molecule has 1 aromatic carbocycles. The molecule has 0 saturated heterocycles. The first kappa shape index (κ1) is 18.6. The topological polar surface area (TPSA) is 73.8 Å². The highest BCUT2D eigenvalue weighted by atomic mass is 16.2. The molecule has 8 heteroatoms. The molecule has 0 spiro atoms. The standard InChI is InChI=1S/C22H25N7O/c1-5-20(30)28-8-9-29-14(2)24-22(19(29)13-28)15-6-7-18-17(10-15)21(25-27(18)4)16-11-23-26(3)12-16/h6-7,10-12H,5,8-9,13H2,1-4H3. The Labute approximate surface area is 174 Å². The fraction of sp³-hybridized carbons (Fsp3) is 0.364. The van der Waals surface area contributed by atoms with Crippen molar-refractivity contribution in [2.24, 2.45) is 14.1 Å². The van der Waals surface area contributed by atoms with Gasteiger partial charge in [0.1, 0.15) is 11.5 Å². The van der Waals surface area contributed by atoms with Gasteiger partial charge in [-0.25, -0.2) is 4.98 Å². The lowest BCUT2D eigenvalue weighted by atomic mass is 10.0. The van der Waals surface area contributed by atoms with Crippen molar-refractivity contribution in [3.8, 4) is 22.5 Å². The summed E-state index contributed by atoms with van der Waals surface area (Å²) in [7, 11) is 3.86. The van der Waals surface area contributed by atoms with E-state index in [1.54, 1.807) is 4.68 Å². The van der Waals surface area contributed by atoms with Crippen molar-refractivity contribution in [1.29, 1.82) is 0 Å². The fourth-order valence-corrected chi connectivity index (χ4v) is 4.38. The first-order valence-corrected chi connectivity index (χ1v) is 10.3. The SMILES string of the molecule is CCC(=O)N1CCn2c(C)nc(-c3ccc4c(c3)c(-c3cnn(C)c3)nn4C)c2C1. The van der Waals surface area contributed by atoms with E-state index < -0.39 is 0 Å². The molecule has 5 rings (SSSR count). The molecule has 0 fully saturated rings. The molecule has 30 heavy (non-hydrogen) atoms. The second-order valence-corrected chi connectivity index (χ2v) is 7.88. The minimum atomic E-state index is 0.188. The molecule has 1 aliphatic rings. The van der Waals surface area contributed by atoms with Crippen molar-refractivity contribution in [2.75, 3.05) is 6.54 Å². The third-order valence-corrected chi connectivity index (χ3v) is 5.95. The van der Waals surface area contributed by atoms with E-state index in [1.165, 1.54) is 0 Å². The Bertz CT molecular complexity index is 1280. The van der Waals surface area contributed by atoms with Crippen LogP contribution in [0.2, 0.25) is 0 Å². The number of carbonyl (C=O) groups excluding carboxylic acids is 1. The Hall–Kier alpha value is -3.42. The average molecular weight is 403 g/mol. The Morgan fingerprint density at radius 2 is 1.97 bits per heavy atom. The molecule has 0 bridgehead atoms. The maximum atomic E-state index is 12.3. The summed E-state index contributed by atoms with van der Waals surface area (Å²) in [5.74, 6) is 1.18. The Morgan fingerprint density at radius 1 is 1.13 bits per heavy atom. The first-order valence-electron chi connectivity index (χ1n) is 10.3. The maximum Gasteiger partial charge on any atom is 0.222 e. The summed E-state index contributed by atoms with van der Waals surface area (Å²) >= 11 is 0. The van der Waals surface area contributed by atoms with Crippen LogP contribution in [0.3, 0.4) is 0 Å². The van der Waals surface area contributed by atoms with E-state index in [4.69, 9.17) is 10.1 Å². The minimum Gasteiger partial charge on any atom is -0.335 e. The zero-order chi connectivity index (χ0) is 21.0. The second-order valence-electron chi connectivity index (χ2n) is 7.88. The molecule has 0 radical (unpaired) electrons. The summed E-state index contributed by atoms with van der Waals surface area (Å²) in [5.41, 5.74) is 6.06. The van der Waals surface area contributed by atoms with Crippen molar-refractivity contribution >= 4 is 16.8 Å². The van der Waals surface area contributed by atoms with Crippen LogP contribution < -0.4 is 0 Å². The van der Waals surface area contributed by atoms with Gasteiger partial charge in [-0.05, 0) is 19.1 Å². The molecule has 154 valence electrons. The van der Waals surface area contributed by atoms with Gasteiger partial charge >= 0.3 is 0 Å². The number of nitrogens with zero attached hydrogens (tertiary/aromatic N) is 7. The summed E-state index contributed by atoms with van der Waals surface area (Å²) in [6.07, 6.45) is 4.34. The molecule has 4 heterocycles. The van der Waals surface area contributed by atoms with Crippen LogP contribution in [-0.2, 0) is 32.0 Å². The lowest BCUT2D eigenvalue weighted by molar-refractivity contribution is -0.132. The molecule has 0 N–H and O–H groups in total. The van der Waals surface area contributed by atoms with E-state index in [0.29, 0.717) is 13.0 Å². The number of aromatic nitrogens is 6. The van der Waals surface area contributed by atoms with Gasteiger partial charge in [-0.3, -0.25) is 14.2 Å². The smallest absolute Gasteiger partial charge is 0.222 e. The molecule has 1 amide bonds. The highest BCUT2D eigenvalue weighted by Crippen LogP contribution is 2.33. The Kier molecular flexibility index (Phi) is 4.23. The number of hydrogen-bond donors (Lipinski definition) is 0. The molecule has 3 aromatic heterocycles. The fourth-order valence-electron chi connectivity index (χ4n) is 4.38. The van der Waals surface area contributed by atoms with Gasteiger partial charge in [0, 0.05) is 56.3 Å². The highest BCUT2D eigenvalue weighted by molar-refractivity contribution is 5.95. The average Bonchev–Trinajstić information content (AvgIpc) is 3.42. The lowest BCUT2D eigenvalue weighted by Crippen LogP contribution is -2.38. The van der Waals surface area contributed by atoms with Gasteiger partial charge in [0.05, 0.1) is 29.6 Å². The second kappa shape index (κ2) is 6.83. The molecule has 0 saturated carbocycles. The summed E-state index contributed by atoms with van der Waals surface area (Å²) in [4.78, 5) is 19.1. The van der Waals surface area contributed by atoms with E-state index >= 15 is 0 Å². The van der Waals surface area contributed by atoms with Gasteiger partial charge < -0.3 is 9.47 Å². The molecule has 0 unspecified atom stereocenters. The number of rotatable bonds is 3. The molecule has 0 atom stereocenters. The van der Waals surface area contributed by atoms with Crippen molar-refractivity contribution in [3.63, 3.8) is 0 Å². The van der Waals surface area contributed by atoms with Crippen molar-refractivity contribution in [3.05, 3.63) is 42.1 Å². The number of fused-ring (bicyclic) bond motifs is 2. The zero-order valence-corrected chi connectivity index (χ0v) is 17.8. The maximum absolute atomic E-state index is 12.3. The van der Waals surface area contributed by atoms with E-state index in [0.717, 1.165) is 58.0 Å². The predicted molar refractivity (Wildman–Crippen MR) is 115 cm³/mol. The molecule has 1 aliphatic heterocycles. The largest absolute Gasteiger partial charge is 0.335 e. The van der Waals surface area contributed by atoms with Gasteiger partial charge in [-0.2, -0.15) is 10.2 Å². The molecule has 4 aromatic rings. The first-order chi connectivity index (χ1) is 14.5. The van der Waals surface area contributed by atoms with Crippen LogP contribution in [0, 0.1) is 6.92 Å². The normalized spacial score (nSPS) is 13.8. The number of benzene rings is 1. The van der Waals surface area contributed by atoms with Crippen molar-refractivity contribution in [2.45, 2.75) is 33.4 Å². The van der Waals surface area contributed by atoms with Crippen LogP contribution in [0.5, 0.6) is 0 Å². The summed E-state index contributed by atoms with van der Waals surface area (Å²) in [6, 6.07) is 6.35. The summed E-state index contributed by atoms with van der Waals surface area (Å²) in [6.45, 7) is 6.08. The van der Waals surface area contributed by atoms with E-state index in [-0.39, 0.29) is 5.91 Å². The monoisotopic (exact) mass is 403 g/mol. The Balaban J connectivity index is 1.64. The molecule has 8 nitrogen and oxygen atoms in total. The van der Waals surface area contributed by atoms with Crippen LogP contribution in [0.15, 0.2) is 30.6 Å². The number of amides is 1. The minimum absolute atomic E-state index is 0.188. The predicted octanol–water partition coefficient (Wildman–Crippen LogP) is 2.90. The third-order valence-electron chi connectivity index (χ3n) is 5.95. The summed E-state index contributed by atoms with van der Waals surface area (Å²) < 4.78 is 5.93. The van der Waals surface area contributed by atoms with E-state index in [2.05, 4.69) is 27.9 Å². The van der Waals surface area contributed by atoms with Gasteiger partial charge in [0.15, 0.2) is 0 Å². The van der Waals surface area contributed by atoms with Gasteiger partial charge in [0.2, 0.25) is 5.91 Å². The van der Waals surface area contributed by atoms with Crippen molar-refractivity contribution in [1.82, 2.24) is 34.0 Å². The van der Waals surface area contributed by atoms with Gasteiger partial charge in [-0.1, -0.05) is 13.0 Å². The van der Waals surface area contributed by atoms with Crippen LogP contribution in [0.4, 0.5) is 0 Å². The lowest BCUT2D eigenvalue weighted by Gasteiger charge is -2.29. The number of carbonyl (C=O) groups is 1. The zero-order valence-electron chi connectivity index (χ0n) is 17.8. The molecular formula is C22H25N7O. The van der Waals surface area contributed by atoms with E-state index in [1.807, 2.05) is 49.9 Å². The quantitative estimate of drug-likeness (QED) is 0.527. The summed E-state index contributed by atoms with van der Waals surface area (Å²) in [5, 5.41) is 10.1. The Morgan fingerprint density at radius 3 is 2.70 bits per heavy atom.